The van der Waals surface area contributed by atoms with Crippen molar-refractivity contribution in [1.29, 1.82) is 0 Å². The minimum Gasteiger partial charge on any atom is -0.275 e. The smallest absolute Gasteiger partial charge is 0.237 e. The summed E-state index contributed by atoms with van der Waals surface area (Å²) in [4.78, 5) is 26.2. The van der Waals surface area contributed by atoms with Gasteiger partial charge in [-0.1, -0.05) is 38.2 Å². The van der Waals surface area contributed by atoms with E-state index in [9.17, 15) is 9.59 Å². The molecule has 2 unspecified atom stereocenters. The molecule has 3 rings (SSSR count). The van der Waals surface area contributed by atoms with E-state index in [4.69, 9.17) is 0 Å². The van der Waals surface area contributed by atoms with E-state index < -0.39 is 0 Å². The highest BCUT2D eigenvalue weighted by Gasteiger charge is 2.45. The Kier molecular flexibility index (Phi) is 3.27. The Morgan fingerprint density at radius 1 is 1.14 bits per heavy atom. The van der Waals surface area contributed by atoms with Crippen LogP contribution in [0.15, 0.2) is 30.4 Å². The lowest BCUT2D eigenvalue weighted by Crippen LogP contribution is -2.31. The van der Waals surface area contributed by atoms with Crippen LogP contribution in [-0.2, 0) is 23.2 Å². The van der Waals surface area contributed by atoms with E-state index in [0.717, 1.165) is 11.4 Å². The van der Waals surface area contributed by atoms with Gasteiger partial charge in [0.05, 0.1) is 29.8 Å². The Balaban J connectivity index is 1.85. The SMILES string of the molecule is CC(C)c1cc(CN2C(=O)C3C=CC=CC3C2=O)n(C)n1. The zero-order valence-electron chi connectivity index (χ0n) is 12.5. The van der Waals surface area contributed by atoms with Crippen LogP contribution in [0.4, 0.5) is 0 Å². The number of likely N-dealkylation sites (tertiary alicyclic amines) is 1. The summed E-state index contributed by atoms with van der Waals surface area (Å²) in [5.41, 5.74) is 1.86. The average molecular weight is 285 g/mol. The predicted molar refractivity (Wildman–Crippen MR) is 78.1 cm³/mol. The Labute approximate surface area is 123 Å². The largest absolute Gasteiger partial charge is 0.275 e. The molecular formula is C16H19N3O2. The van der Waals surface area contributed by atoms with E-state index in [0.29, 0.717) is 12.5 Å². The first-order valence-electron chi connectivity index (χ1n) is 7.22. The first kappa shape index (κ1) is 13.8. The molecule has 2 aliphatic rings. The third-order valence-electron chi connectivity index (χ3n) is 4.14. The Morgan fingerprint density at radius 2 is 1.71 bits per heavy atom. The highest BCUT2D eigenvalue weighted by atomic mass is 16.2. The minimum absolute atomic E-state index is 0.113. The van der Waals surface area contributed by atoms with Crippen LogP contribution < -0.4 is 0 Å². The van der Waals surface area contributed by atoms with Crippen LogP contribution in [0, 0.1) is 11.8 Å². The van der Waals surface area contributed by atoms with Crippen LogP contribution in [0.25, 0.3) is 0 Å². The second kappa shape index (κ2) is 4.98. The molecule has 1 fully saturated rings. The molecular weight excluding hydrogens is 266 g/mol. The summed E-state index contributed by atoms with van der Waals surface area (Å²) in [6, 6.07) is 1.97. The summed E-state index contributed by atoms with van der Waals surface area (Å²) in [5, 5.41) is 4.43. The lowest BCUT2D eigenvalue weighted by atomic mass is 9.91. The first-order valence-corrected chi connectivity index (χ1v) is 7.22. The van der Waals surface area contributed by atoms with E-state index in [-0.39, 0.29) is 23.7 Å². The molecule has 5 heteroatoms. The van der Waals surface area contributed by atoms with Gasteiger partial charge in [0.25, 0.3) is 0 Å². The van der Waals surface area contributed by atoms with Crippen LogP contribution >= 0.6 is 0 Å². The van der Waals surface area contributed by atoms with Crippen LogP contribution in [0.2, 0.25) is 0 Å². The number of hydrogen-bond donors (Lipinski definition) is 0. The maximum Gasteiger partial charge on any atom is 0.237 e. The fraction of sp³-hybridized carbons (Fsp3) is 0.438. The molecule has 1 aliphatic heterocycles. The van der Waals surface area contributed by atoms with E-state index in [1.165, 1.54) is 4.90 Å². The molecule has 2 heterocycles. The van der Waals surface area contributed by atoms with Gasteiger partial charge in [-0.3, -0.25) is 19.2 Å². The van der Waals surface area contributed by atoms with Crippen molar-refractivity contribution in [2.75, 3.05) is 0 Å². The van der Waals surface area contributed by atoms with Gasteiger partial charge in [0, 0.05) is 7.05 Å². The third kappa shape index (κ3) is 2.22. The average Bonchev–Trinajstić information content (AvgIpc) is 2.94. The number of aryl methyl sites for hydroxylation is 1. The zero-order valence-corrected chi connectivity index (χ0v) is 12.5. The van der Waals surface area contributed by atoms with Gasteiger partial charge < -0.3 is 0 Å². The molecule has 110 valence electrons. The number of carbonyl (C=O) groups excluding carboxylic acids is 2. The van der Waals surface area contributed by atoms with Gasteiger partial charge in [0.15, 0.2) is 0 Å². The Hall–Kier alpha value is -2.17. The molecule has 21 heavy (non-hydrogen) atoms. The van der Waals surface area contributed by atoms with Gasteiger partial charge in [-0.25, -0.2) is 0 Å². The molecule has 1 aromatic rings. The van der Waals surface area contributed by atoms with Crippen molar-refractivity contribution in [1.82, 2.24) is 14.7 Å². The lowest BCUT2D eigenvalue weighted by molar-refractivity contribution is -0.140. The van der Waals surface area contributed by atoms with E-state index >= 15 is 0 Å². The monoisotopic (exact) mass is 285 g/mol. The molecule has 0 radical (unpaired) electrons. The summed E-state index contributed by atoms with van der Waals surface area (Å²) in [6.07, 6.45) is 7.29. The van der Waals surface area contributed by atoms with Gasteiger partial charge in [-0.15, -0.1) is 0 Å². The second-order valence-electron chi connectivity index (χ2n) is 5.92. The zero-order chi connectivity index (χ0) is 15.1. The summed E-state index contributed by atoms with van der Waals surface area (Å²) in [6.45, 7) is 4.44. The van der Waals surface area contributed by atoms with Crippen molar-refractivity contribution in [2.24, 2.45) is 18.9 Å². The molecule has 0 N–H and O–H groups in total. The molecule has 2 atom stereocenters. The maximum absolute atomic E-state index is 12.4. The molecule has 1 saturated heterocycles. The van der Waals surface area contributed by atoms with Crippen molar-refractivity contribution >= 4 is 11.8 Å². The normalized spacial score (nSPS) is 24.3. The number of imide groups is 1. The van der Waals surface area contributed by atoms with E-state index in [2.05, 4.69) is 18.9 Å². The molecule has 2 amide bonds. The lowest BCUT2D eigenvalue weighted by Gasteiger charge is -2.14. The molecule has 5 nitrogen and oxygen atoms in total. The number of fused-ring (bicyclic) bond motifs is 1. The van der Waals surface area contributed by atoms with Crippen LogP contribution in [0.1, 0.15) is 31.2 Å². The number of allylic oxidation sites excluding steroid dienone is 2. The number of amides is 2. The standard InChI is InChI=1S/C16H19N3O2/c1-10(2)14-8-11(18(3)17-14)9-19-15(20)12-6-4-5-7-13(12)16(19)21/h4-8,10,12-13H,9H2,1-3H3. The van der Waals surface area contributed by atoms with Crippen molar-refractivity contribution in [3.63, 3.8) is 0 Å². The highest BCUT2D eigenvalue weighted by Crippen LogP contribution is 2.32. The van der Waals surface area contributed by atoms with Crippen LogP contribution in [-0.4, -0.2) is 26.5 Å². The number of hydrogen-bond acceptors (Lipinski definition) is 3. The number of carbonyl (C=O) groups is 2. The molecule has 1 aliphatic carbocycles. The van der Waals surface area contributed by atoms with Gasteiger partial charge >= 0.3 is 0 Å². The van der Waals surface area contributed by atoms with Crippen molar-refractivity contribution < 1.29 is 9.59 Å². The number of aromatic nitrogens is 2. The number of rotatable bonds is 3. The highest BCUT2D eigenvalue weighted by molar-refractivity contribution is 6.07. The number of nitrogens with zero attached hydrogens (tertiary/aromatic N) is 3. The molecule has 1 aromatic heterocycles. The summed E-state index contributed by atoms with van der Waals surface area (Å²) in [7, 11) is 1.85. The summed E-state index contributed by atoms with van der Waals surface area (Å²) < 4.78 is 1.75. The Bertz CT molecular complexity index is 624. The molecule has 0 aromatic carbocycles. The quantitative estimate of drug-likeness (QED) is 0.795. The van der Waals surface area contributed by atoms with E-state index in [1.807, 2.05) is 37.4 Å². The van der Waals surface area contributed by atoms with Crippen LogP contribution in [0.3, 0.4) is 0 Å². The van der Waals surface area contributed by atoms with Gasteiger partial charge in [-0.2, -0.15) is 5.10 Å². The van der Waals surface area contributed by atoms with E-state index in [1.54, 1.807) is 4.68 Å². The van der Waals surface area contributed by atoms with Crippen molar-refractivity contribution in [2.45, 2.75) is 26.3 Å². The van der Waals surface area contributed by atoms with Crippen molar-refractivity contribution in [3.05, 3.63) is 41.8 Å². The predicted octanol–water partition coefficient (Wildman–Crippen LogP) is 1.77. The topological polar surface area (TPSA) is 55.2 Å². The first-order chi connectivity index (χ1) is 9.99. The second-order valence-corrected chi connectivity index (χ2v) is 5.92. The van der Waals surface area contributed by atoms with Crippen LogP contribution in [0.5, 0.6) is 0 Å². The minimum atomic E-state index is -0.333. The van der Waals surface area contributed by atoms with Crippen molar-refractivity contribution in [3.8, 4) is 0 Å². The third-order valence-corrected chi connectivity index (χ3v) is 4.14. The Morgan fingerprint density at radius 3 is 2.19 bits per heavy atom. The summed E-state index contributed by atoms with van der Waals surface area (Å²) in [5.74, 6) is -0.570. The fourth-order valence-corrected chi connectivity index (χ4v) is 2.83. The maximum atomic E-state index is 12.4. The molecule has 0 saturated carbocycles. The summed E-state index contributed by atoms with van der Waals surface area (Å²) >= 11 is 0. The fourth-order valence-electron chi connectivity index (χ4n) is 2.83. The van der Waals surface area contributed by atoms with Gasteiger partial charge in [0.2, 0.25) is 11.8 Å². The van der Waals surface area contributed by atoms with Gasteiger partial charge in [0.1, 0.15) is 0 Å². The molecule has 0 bridgehead atoms. The molecule has 0 spiro atoms. The van der Waals surface area contributed by atoms with Gasteiger partial charge in [-0.05, 0) is 12.0 Å².